The molecule has 0 radical (unpaired) electrons. The van der Waals surface area contributed by atoms with Crippen molar-refractivity contribution in [2.45, 2.75) is 45.7 Å². The summed E-state index contributed by atoms with van der Waals surface area (Å²) < 4.78 is 18.9. The van der Waals surface area contributed by atoms with E-state index in [9.17, 15) is 14.0 Å². The van der Waals surface area contributed by atoms with Gasteiger partial charge in [-0.2, -0.15) is 0 Å². The smallest absolute Gasteiger partial charge is 0.261 e. The number of carbonyl (C=O) groups is 2. The molecule has 2 rings (SSSR count). The molecule has 0 saturated heterocycles. The van der Waals surface area contributed by atoms with Crippen molar-refractivity contribution in [1.82, 2.24) is 10.2 Å². The number of nitrogens with one attached hydrogen (secondary N) is 1. The van der Waals surface area contributed by atoms with E-state index >= 15 is 0 Å². The predicted molar refractivity (Wildman–Crippen MR) is 116 cm³/mol. The minimum absolute atomic E-state index is 0.178. The molecule has 0 aliphatic carbocycles. The molecule has 1 N–H and O–H groups in total. The maximum Gasteiger partial charge on any atom is 0.261 e. The summed E-state index contributed by atoms with van der Waals surface area (Å²) in [5, 5.41) is 3.40. The van der Waals surface area contributed by atoms with Crippen LogP contribution in [0, 0.1) is 5.82 Å². The van der Waals surface area contributed by atoms with Gasteiger partial charge in [-0.15, -0.1) is 0 Å². The van der Waals surface area contributed by atoms with Crippen molar-refractivity contribution in [1.29, 1.82) is 0 Å². The van der Waals surface area contributed by atoms with Crippen molar-refractivity contribution in [2.75, 3.05) is 13.2 Å². The number of benzene rings is 2. The minimum atomic E-state index is -0.651. The van der Waals surface area contributed by atoms with E-state index in [1.54, 1.807) is 36.4 Å². The number of hydrogen-bond acceptors (Lipinski definition) is 3. The van der Waals surface area contributed by atoms with Gasteiger partial charge in [0.05, 0.1) is 0 Å². The molecule has 5 nitrogen and oxygen atoms in total. The Hall–Kier alpha value is -2.60. The second-order valence-corrected chi connectivity index (χ2v) is 7.40. The first kappa shape index (κ1) is 23.7. The molecule has 0 saturated carbocycles. The van der Waals surface area contributed by atoms with E-state index in [1.165, 1.54) is 17.0 Å². The third kappa shape index (κ3) is 7.34. The normalized spacial score (nSPS) is 11.6. The first-order valence-electron chi connectivity index (χ1n) is 10.1. The number of amides is 2. The molecule has 0 bridgehead atoms. The maximum absolute atomic E-state index is 13.3. The predicted octanol–water partition coefficient (Wildman–Crippen LogP) is 4.58. The molecule has 2 aromatic carbocycles. The molecule has 2 aromatic rings. The van der Waals surface area contributed by atoms with E-state index in [0.717, 1.165) is 18.4 Å². The van der Waals surface area contributed by atoms with Gasteiger partial charge in [-0.3, -0.25) is 9.59 Å². The molecule has 1 atom stereocenters. The van der Waals surface area contributed by atoms with Crippen molar-refractivity contribution in [3.63, 3.8) is 0 Å². The average molecular weight is 435 g/mol. The van der Waals surface area contributed by atoms with Crippen LogP contribution in [0.3, 0.4) is 0 Å². The second kappa shape index (κ2) is 12.2. The Morgan fingerprint density at radius 2 is 1.90 bits per heavy atom. The molecule has 2 amide bonds. The molecule has 1 unspecified atom stereocenters. The van der Waals surface area contributed by atoms with Crippen LogP contribution in [0.1, 0.15) is 38.7 Å². The van der Waals surface area contributed by atoms with Crippen LogP contribution in [-0.4, -0.2) is 35.9 Å². The summed E-state index contributed by atoms with van der Waals surface area (Å²) in [6.07, 6.45) is 2.27. The van der Waals surface area contributed by atoms with Crippen molar-refractivity contribution in [2.24, 2.45) is 0 Å². The highest BCUT2D eigenvalue weighted by Gasteiger charge is 2.28. The van der Waals surface area contributed by atoms with E-state index < -0.39 is 6.04 Å². The van der Waals surface area contributed by atoms with Gasteiger partial charge in [0.15, 0.2) is 6.61 Å². The SMILES string of the molecule is CCCCNC(=O)C(CC)N(Cc1ccc(F)cc1)C(=O)COc1cccc(Cl)c1. The molecule has 0 aromatic heterocycles. The highest BCUT2D eigenvalue weighted by Crippen LogP contribution is 2.18. The summed E-state index contributed by atoms with van der Waals surface area (Å²) in [6, 6.07) is 12.0. The Labute approximate surface area is 182 Å². The largest absolute Gasteiger partial charge is 0.484 e. The molecular formula is C23H28ClFN2O3. The van der Waals surface area contributed by atoms with Gasteiger partial charge in [-0.25, -0.2) is 4.39 Å². The van der Waals surface area contributed by atoms with Crippen LogP contribution in [0.25, 0.3) is 0 Å². The molecule has 0 spiro atoms. The van der Waals surface area contributed by atoms with Crippen LogP contribution < -0.4 is 10.1 Å². The minimum Gasteiger partial charge on any atom is -0.484 e. The highest BCUT2D eigenvalue weighted by atomic mass is 35.5. The third-order valence-electron chi connectivity index (χ3n) is 4.64. The van der Waals surface area contributed by atoms with E-state index in [-0.39, 0.29) is 30.8 Å². The molecular weight excluding hydrogens is 407 g/mol. The van der Waals surface area contributed by atoms with E-state index in [2.05, 4.69) is 5.32 Å². The van der Waals surface area contributed by atoms with Crippen molar-refractivity contribution in [3.8, 4) is 5.75 Å². The zero-order chi connectivity index (χ0) is 21.9. The van der Waals surface area contributed by atoms with Gasteiger partial charge in [-0.05, 0) is 48.7 Å². The van der Waals surface area contributed by atoms with Crippen LogP contribution >= 0.6 is 11.6 Å². The van der Waals surface area contributed by atoms with Gasteiger partial charge in [0, 0.05) is 18.1 Å². The second-order valence-electron chi connectivity index (χ2n) is 6.96. The lowest BCUT2D eigenvalue weighted by Gasteiger charge is -2.30. The number of halogens is 2. The number of ether oxygens (including phenoxy) is 1. The van der Waals surface area contributed by atoms with E-state index in [4.69, 9.17) is 16.3 Å². The van der Waals surface area contributed by atoms with Gasteiger partial charge < -0.3 is 15.0 Å². The fourth-order valence-electron chi connectivity index (χ4n) is 3.00. The van der Waals surface area contributed by atoms with Gasteiger partial charge in [-0.1, -0.05) is 50.1 Å². The van der Waals surface area contributed by atoms with Crippen molar-refractivity contribution in [3.05, 3.63) is 64.9 Å². The lowest BCUT2D eigenvalue weighted by Crippen LogP contribution is -2.50. The highest BCUT2D eigenvalue weighted by molar-refractivity contribution is 6.30. The first-order chi connectivity index (χ1) is 14.4. The van der Waals surface area contributed by atoms with Crippen LogP contribution in [0.4, 0.5) is 4.39 Å². The summed E-state index contributed by atoms with van der Waals surface area (Å²) in [5.74, 6) is -0.427. The van der Waals surface area contributed by atoms with Gasteiger partial charge in [0.25, 0.3) is 5.91 Å². The average Bonchev–Trinajstić information content (AvgIpc) is 2.73. The number of hydrogen-bond donors (Lipinski definition) is 1. The van der Waals surface area contributed by atoms with Crippen LogP contribution in [-0.2, 0) is 16.1 Å². The van der Waals surface area contributed by atoms with Crippen molar-refractivity contribution < 1.29 is 18.7 Å². The number of unbranched alkanes of at least 4 members (excludes halogenated alkanes) is 1. The Morgan fingerprint density at radius 3 is 2.53 bits per heavy atom. The molecule has 7 heteroatoms. The Bertz CT molecular complexity index is 829. The van der Waals surface area contributed by atoms with Crippen LogP contribution in [0.2, 0.25) is 5.02 Å². The van der Waals surface area contributed by atoms with Gasteiger partial charge in [0.2, 0.25) is 5.91 Å². The summed E-state index contributed by atoms with van der Waals surface area (Å²) in [6.45, 7) is 4.40. The summed E-state index contributed by atoms with van der Waals surface area (Å²) >= 11 is 5.96. The molecule has 0 fully saturated rings. The molecule has 162 valence electrons. The number of rotatable bonds is 11. The standard InChI is InChI=1S/C23H28ClFN2O3/c1-3-5-13-26-23(29)21(4-2)27(15-17-9-11-19(25)12-10-17)22(28)16-30-20-8-6-7-18(24)14-20/h6-12,14,21H,3-5,13,15-16H2,1-2H3,(H,26,29). The molecule has 0 aliphatic rings. The maximum atomic E-state index is 13.3. The lowest BCUT2D eigenvalue weighted by molar-refractivity contribution is -0.143. The molecule has 30 heavy (non-hydrogen) atoms. The zero-order valence-electron chi connectivity index (χ0n) is 17.4. The topological polar surface area (TPSA) is 58.6 Å². The van der Waals surface area contributed by atoms with E-state index in [0.29, 0.717) is 23.7 Å². The Balaban J connectivity index is 2.16. The summed E-state index contributed by atoms with van der Waals surface area (Å²) in [4.78, 5) is 27.2. The fraction of sp³-hybridized carbons (Fsp3) is 0.391. The first-order valence-corrected chi connectivity index (χ1v) is 10.5. The van der Waals surface area contributed by atoms with Crippen LogP contribution in [0.15, 0.2) is 48.5 Å². The summed E-state index contributed by atoms with van der Waals surface area (Å²) in [5.41, 5.74) is 0.729. The quantitative estimate of drug-likeness (QED) is 0.526. The molecule has 0 aliphatic heterocycles. The number of carbonyl (C=O) groups excluding carboxylic acids is 2. The third-order valence-corrected chi connectivity index (χ3v) is 4.88. The fourth-order valence-corrected chi connectivity index (χ4v) is 3.18. The molecule has 0 heterocycles. The number of nitrogens with zero attached hydrogens (tertiary/aromatic N) is 1. The van der Waals surface area contributed by atoms with E-state index in [1.807, 2.05) is 13.8 Å². The van der Waals surface area contributed by atoms with Gasteiger partial charge in [0.1, 0.15) is 17.6 Å². The monoisotopic (exact) mass is 434 g/mol. The Kier molecular flexibility index (Phi) is 9.61. The lowest BCUT2D eigenvalue weighted by atomic mass is 10.1. The Morgan fingerprint density at radius 1 is 1.17 bits per heavy atom. The van der Waals surface area contributed by atoms with Gasteiger partial charge >= 0.3 is 0 Å². The van der Waals surface area contributed by atoms with Crippen molar-refractivity contribution >= 4 is 23.4 Å². The summed E-state index contributed by atoms with van der Waals surface area (Å²) in [7, 11) is 0. The van der Waals surface area contributed by atoms with Crippen LogP contribution in [0.5, 0.6) is 5.75 Å². The zero-order valence-corrected chi connectivity index (χ0v) is 18.1.